The number of nitrogens with zero attached hydrogens (tertiary/aromatic N) is 3. The van der Waals surface area contributed by atoms with Crippen molar-refractivity contribution in [3.05, 3.63) is 23.8 Å². The third-order valence-electron chi connectivity index (χ3n) is 2.18. The second-order valence-corrected chi connectivity index (χ2v) is 3.48. The van der Waals surface area contributed by atoms with Gasteiger partial charge in [0.15, 0.2) is 5.15 Å². The van der Waals surface area contributed by atoms with E-state index in [0.29, 0.717) is 5.15 Å². The lowest BCUT2D eigenvalue weighted by Crippen LogP contribution is -2.29. The quantitative estimate of drug-likeness (QED) is 0.688. The summed E-state index contributed by atoms with van der Waals surface area (Å²) in [4.78, 5) is 2.28. The highest BCUT2D eigenvalue weighted by Gasteiger charge is 2.11. The first-order chi connectivity index (χ1) is 6.36. The average molecular weight is 197 g/mol. The van der Waals surface area contributed by atoms with E-state index in [2.05, 4.69) is 21.5 Å². The van der Waals surface area contributed by atoms with Gasteiger partial charge in [-0.15, -0.1) is 5.10 Å². The zero-order valence-electron chi connectivity index (χ0n) is 7.28. The molecule has 0 N–H and O–H groups in total. The second-order valence-electron chi connectivity index (χ2n) is 3.09. The normalized spacial score (nSPS) is 17.5. The van der Waals surface area contributed by atoms with Crippen LogP contribution >= 0.6 is 11.6 Å². The Morgan fingerprint density at radius 2 is 2.08 bits per heavy atom. The van der Waals surface area contributed by atoms with Gasteiger partial charge in [0.25, 0.3) is 0 Å². The topological polar surface area (TPSA) is 29.0 Å². The molecule has 1 radical (unpaired) electrons. The molecule has 0 atom stereocenters. The van der Waals surface area contributed by atoms with Crippen LogP contribution in [-0.2, 0) is 0 Å². The Kier molecular flexibility index (Phi) is 2.64. The van der Waals surface area contributed by atoms with Gasteiger partial charge in [0.05, 0.1) is 11.9 Å². The van der Waals surface area contributed by atoms with Crippen molar-refractivity contribution in [1.82, 2.24) is 10.2 Å². The molecule has 13 heavy (non-hydrogen) atoms. The summed E-state index contributed by atoms with van der Waals surface area (Å²) in [6.07, 6.45) is 6.35. The Labute approximate surface area is 82.7 Å². The number of anilines is 1. The summed E-state index contributed by atoms with van der Waals surface area (Å²) in [6, 6.07) is 1.86. The SMILES string of the molecule is Clc1cc(N2CC[CH]CC2)cnn1. The van der Waals surface area contributed by atoms with Gasteiger partial charge in [-0.25, -0.2) is 0 Å². The molecule has 0 aromatic carbocycles. The molecule has 0 aliphatic carbocycles. The highest BCUT2D eigenvalue weighted by Crippen LogP contribution is 2.19. The molecule has 2 rings (SSSR count). The maximum atomic E-state index is 5.76. The third-order valence-corrected chi connectivity index (χ3v) is 2.37. The van der Waals surface area contributed by atoms with Crippen LogP contribution in [0.25, 0.3) is 0 Å². The molecule has 1 aromatic heterocycles. The first-order valence-electron chi connectivity index (χ1n) is 4.41. The van der Waals surface area contributed by atoms with E-state index in [4.69, 9.17) is 11.6 Å². The number of piperidine rings is 1. The van der Waals surface area contributed by atoms with Gasteiger partial charge in [0.2, 0.25) is 0 Å². The predicted molar refractivity (Wildman–Crippen MR) is 52.8 cm³/mol. The fourth-order valence-corrected chi connectivity index (χ4v) is 1.67. The van der Waals surface area contributed by atoms with Crippen LogP contribution in [0.15, 0.2) is 12.3 Å². The molecule has 2 heterocycles. The molecule has 1 aliphatic rings. The zero-order valence-corrected chi connectivity index (χ0v) is 8.04. The summed E-state index contributed by atoms with van der Waals surface area (Å²) >= 11 is 5.76. The van der Waals surface area contributed by atoms with Crippen molar-refractivity contribution in [2.45, 2.75) is 12.8 Å². The molecule has 0 saturated carbocycles. The fourth-order valence-electron chi connectivity index (χ4n) is 1.51. The summed E-state index contributed by atoms with van der Waals surface area (Å²) in [5.41, 5.74) is 1.08. The maximum Gasteiger partial charge on any atom is 0.153 e. The monoisotopic (exact) mass is 196 g/mol. The van der Waals surface area contributed by atoms with Crippen molar-refractivity contribution < 1.29 is 0 Å². The molecule has 0 bridgehead atoms. The molecule has 1 saturated heterocycles. The largest absolute Gasteiger partial charge is 0.370 e. The smallest absolute Gasteiger partial charge is 0.153 e. The predicted octanol–water partition coefficient (Wildman–Crippen LogP) is 1.93. The van der Waals surface area contributed by atoms with Gasteiger partial charge in [0.1, 0.15) is 0 Å². The molecule has 3 nitrogen and oxygen atoms in total. The number of aromatic nitrogens is 2. The van der Waals surface area contributed by atoms with Crippen LogP contribution in [-0.4, -0.2) is 23.3 Å². The van der Waals surface area contributed by atoms with E-state index in [-0.39, 0.29) is 0 Å². The van der Waals surface area contributed by atoms with Crippen molar-refractivity contribution in [3.63, 3.8) is 0 Å². The van der Waals surface area contributed by atoms with E-state index in [1.165, 1.54) is 0 Å². The van der Waals surface area contributed by atoms with Crippen LogP contribution in [0.1, 0.15) is 12.8 Å². The highest BCUT2D eigenvalue weighted by molar-refractivity contribution is 6.29. The van der Waals surface area contributed by atoms with Gasteiger partial charge in [-0.1, -0.05) is 11.6 Å². The van der Waals surface area contributed by atoms with Crippen molar-refractivity contribution >= 4 is 17.3 Å². The van der Waals surface area contributed by atoms with Crippen molar-refractivity contribution in [3.8, 4) is 0 Å². The van der Waals surface area contributed by atoms with Crippen LogP contribution in [0, 0.1) is 6.42 Å². The van der Waals surface area contributed by atoms with Gasteiger partial charge >= 0.3 is 0 Å². The molecule has 1 fully saturated rings. The van der Waals surface area contributed by atoms with E-state index >= 15 is 0 Å². The Morgan fingerprint density at radius 3 is 2.77 bits per heavy atom. The number of rotatable bonds is 1. The third kappa shape index (κ3) is 2.10. The second kappa shape index (κ2) is 3.92. The number of halogens is 1. The number of hydrogen-bond donors (Lipinski definition) is 0. The molecule has 69 valence electrons. The van der Waals surface area contributed by atoms with Crippen molar-refractivity contribution in [2.75, 3.05) is 18.0 Å². The lowest BCUT2D eigenvalue weighted by molar-refractivity contribution is 0.676. The lowest BCUT2D eigenvalue weighted by Gasteiger charge is -2.28. The molecule has 4 heteroatoms. The first kappa shape index (κ1) is 8.75. The summed E-state index contributed by atoms with van der Waals surface area (Å²) < 4.78 is 0. The van der Waals surface area contributed by atoms with Crippen molar-refractivity contribution in [2.24, 2.45) is 0 Å². The molecule has 1 aliphatic heterocycles. The van der Waals surface area contributed by atoms with E-state index in [9.17, 15) is 0 Å². The minimum atomic E-state index is 0.465. The number of hydrogen-bond acceptors (Lipinski definition) is 3. The van der Waals surface area contributed by atoms with Gasteiger partial charge < -0.3 is 4.90 Å². The highest BCUT2D eigenvalue weighted by atomic mass is 35.5. The summed E-state index contributed by atoms with van der Waals surface area (Å²) in [6.45, 7) is 2.12. The van der Waals surface area contributed by atoms with Gasteiger partial charge in [-0.05, 0) is 19.3 Å². The molecule has 0 spiro atoms. The Hall–Kier alpha value is -0.830. The standard InChI is InChI=1S/C9H11ClN3/c10-9-6-8(7-11-12-9)13-4-2-1-3-5-13/h1,6-7H,2-5H2. The first-order valence-corrected chi connectivity index (χ1v) is 4.79. The van der Waals surface area contributed by atoms with Crippen LogP contribution in [0.2, 0.25) is 5.15 Å². The Morgan fingerprint density at radius 1 is 1.31 bits per heavy atom. The molecular formula is C9H11ClN3. The van der Waals surface area contributed by atoms with E-state index in [1.807, 2.05) is 6.07 Å². The Bertz CT molecular complexity index is 284. The van der Waals surface area contributed by atoms with Crippen LogP contribution in [0.4, 0.5) is 5.69 Å². The fraction of sp³-hybridized carbons (Fsp3) is 0.444. The van der Waals surface area contributed by atoms with Crippen LogP contribution in [0.3, 0.4) is 0 Å². The molecule has 0 unspecified atom stereocenters. The van der Waals surface area contributed by atoms with Gasteiger partial charge in [0, 0.05) is 19.2 Å². The zero-order chi connectivity index (χ0) is 9.10. The molecular weight excluding hydrogens is 186 g/mol. The minimum absolute atomic E-state index is 0.465. The average Bonchev–Trinajstić information content (AvgIpc) is 2.19. The van der Waals surface area contributed by atoms with Gasteiger partial charge in [-0.2, -0.15) is 5.10 Å². The van der Waals surface area contributed by atoms with Crippen LogP contribution in [0.5, 0.6) is 0 Å². The van der Waals surface area contributed by atoms with Crippen molar-refractivity contribution in [1.29, 1.82) is 0 Å². The maximum absolute atomic E-state index is 5.76. The minimum Gasteiger partial charge on any atom is -0.370 e. The van der Waals surface area contributed by atoms with Gasteiger partial charge in [-0.3, -0.25) is 0 Å². The van der Waals surface area contributed by atoms with E-state index < -0.39 is 0 Å². The summed E-state index contributed by atoms with van der Waals surface area (Å²) in [5.74, 6) is 0. The lowest BCUT2D eigenvalue weighted by atomic mass is 10.1. The summed E-state index contributed by atoms with van der Waals surface area (Å²) in [5, 5.41) is 8.01. The Balaban J connectivity index is 2.14. The van der Waals surface area contributed by atoms with E-state index in [0.717, 1.165) is 31.6 Å². The van der Waals surface area contributed by atoms with E-state index in [1.54, 1.807) is 6.20 Å². The molecule has 0 amide bonds. The molecule has 1 aromatic rings. The summed E-state index contributed by atoms with van der Waals surface area (Å²) in [7, 11) is 0. The van der Waals surface area contributed by atoms with Crippen LogP contribution < -0.4 is 4.90 Å².